The van der Waals surface area contributed by atoms with E-state index in [1.807, 2.05) is 0 Å². The van der Waals surface area contributed by atoms with E-state index in [0.717, 1.165) is 17.7 Å². The third kappa shape index (κ3) is 4.77. The van der Waals surface area contributed by atoms with Crippen molar-refractivity contribution < 1.29 is 28.7 Å². The number of hydrogen-bond acceptors (Lipinski definition) is 6. The second-order valence-corrected chi connectivity index (χ2v) is 8.00. The molecule has 0 spiro atoms. The predicted octanol–water partition coefficient (Wildman–Crippen LogP) is 1.98. The summed E-state index contributed by atoms with van der Waals surface area (Å²) in [4.78, 5) is 63.0. The molecular formula is C24H23N3O6. The fourth-order valence-corrected chi connectivity index (χ4v) is 4.23. The van der Waals surface area contributed by atoms with Gasteiger partial charge in [-0.15, -0.1) is 0 Å². The van der Waals surface area contributed by atoms with E-state index < -0.39 is 24.4 Å². The van der Waals surface area contributed by atoms with Crippen LogP contribution in [0.1, 0.15) is 46.4 Å². The summed E-state index contributed by atoms with van der Waals surface area (Å²) in [6.45, 7) is -0.621. The number of nitrogens with one attached hydrogen (secondary N) is 2. The van der Waals surface area contributed by atoms with Crippen LogP contribution in [0.25, 0.3) is 0 Å². The average molecular weight is 449 g/mol. The lowest BCUT2D eigenvalue weighted by atomic mass is 9.81. The molecule has 1 aliphatic carbocycles. The van der Waals surface area contributed by atoms with Gasteiger partial charge in [-0.3, -0.25) is 34.9 Å². The largest absolute Gasteiger partial charge is 0.452 e. The highest BCUT2D eigenvalue weighted by Gasteiger charge is 2.48. The number of nitrogens with zero attached hydrogens (tertiary/aromatic N) is 1. The molecule has 2 aromatic carbocycles. The third-order valence-corrected chi connectivity index (χ3v) is 5.87. The van der Waals surface area contributed by atoms with Gasteiger partial charge in [0.25, 0.3) is 11.8 Å². The van der Waals surface area contributed by atoms with Crippen molar-refractivity contribution in [2.45, 2.75) is 25.7 Å². The number of ether oxygens (including phenoxy) is 1. The number of rotatable bonds is 5. The molecule has 0 bridgehead atoms. The molecule has 1 saturated carbocycles. The highest BCUT2D eigenvalue weighted by molar-refractivity contribution is 6.22. The molecule has 0 aromatic heterocycles. The van der Waals surface area contributed by atoms with Crippen molar-refractivity contribution in [1.29, 1.82) is 0 Å². The van der Waals surface area contributed by atoms with E-state index in [0.29, 0.717) is 24.1 Å². The molecule has 33 heavy (non-hydrogen) atoms. The van der Waals surface area contributed by atoms with E-state index >= 15 is 0 Å². The molecule has 9 heteroatoms. The minimum absolute atomic E-state index is 0.101. The summed E-state index contributed by atoms with van der Waals surface area (Å²) < 4.78 is 5.00. The molecule has 1 heterocycles. The number of hydrogen-bond donors (Lipinski definition) is 2. The second kappa shape index (κ2) is 9.64. The van der Waals surface area contributed by atoms with Crippen molar-refractivity contribution in [2.75, 3.05) is 11.5 Å². The van der Waals surface area contributed by atoms with Gasteiger partial charge in [0.1, 0.15) is 0 Å². The molecule has 4 amide bonds. The molecule has 9 nitrogen and oxygen atoms in total. The number of imide groups is 1. The Labute approximate surface area is 190 Å². The maximum atomic E-state index is 12.8. The van der Waals surface area contributed by atoms with E-state index in [1.54, 1.807) is 42.5 Å². The number of benzene rings is 2. The first kappa shape index (κ1) is 22.2. The van der Waals surface area contributed by atoms with Crippen LogP contribution in [-0.2, 0) is 19.1 Å². The molecule has 2 fully saturated rings. The van der Waals surface area contributed by atoms with E-state index in [4.69, 9.17) is 4.74 Å². The minimum atomic E-state index is -0.794. The highest BCUT2D eigenvalue weighted by atomic mass is 16.5. The minimum Gasteiger partial charge on any atom is -0.452 e. The van der Waals surface area contributed by atoms with Crippen molar-refractivity contribution in [2.24, 2.45) is 11.8 Å². The van der Waals surface area contributed by atoms with Gasteiger partial charge in [0.15, 0.2) is 6.61 Å². The fraction of sp³-hybridized carbons (Fsp3) is 0.292. The van der Waals surface area contributed by atoms with Crippen molar-refractivity contribution in [1.82, 2.24) is 10.9 Å². The molecule has 2 N–H and O–H groups in total. The van der Waals surface area contributed by atoms with Crippen LogP contribution in [0, 0.1) is 11.8 Å². The van der Waals surface area contributed by atoms with E-state index in [1.165, 1.54) is 12.1 Å². The molecule has 1 aliphatic heterocycles. The van der Waals surface area contributed by atoms with Crippen molar-refractivity contribution >= 4 is 35.3 Å². The summed E-state index contributed by atoms with van der Waals surface area (Å²) in [5, 5.41) is 0. The Hall–Kier alpha value is -4.01. The maximum absolute atomic E-state index is 12.8. The van der Waals surface area contributed by atoms with Gasteiger partial charge in [0.2, 0.25) is 11.8 Å². The second-order valence-electron chi connectivity index (χ2n) is 8.00. The van der Waals surface area contributed by atoms with Gasteiger partial charge in [-0.1, -0.05) is 37.1 Å². The zero-order valence-electron chi connectivity index (χ0n) is 17.8. The molecule has 2 atom stereocenters. The molecule has 4 rings (SSSR count). The van der Waals surface area contributed by atoms with Crippen LogP contribution in [0.15, 0.2) is 54.6 Å². The van der Waals surface area contributed by atoms with Crippen molar-refractivity contribution in [3.05, 3.63) is 65.7 Å². The summed E-state index contributed by atoms with van der Waals surface area (Å²) >= 11 is 0. The number of carbonyl (C=O) groups excluding carboxylic acids is 5. The lowest BCUT2D eigenvalue weighted by molar-refractivity contribution is -0.125. The first-order valence-electron chi connectivity index (χ1n) is 10.7. The Bertz CT molecular complexity index is 1080. The molecule has 2 aliphatic rings. The van der Waals surface area contributed by atoms with Crippen LogP contribution in [0.2, 0.25) is 0 Å². The number of esters is 1. The topological polar surface area (TPSA) is 122 Å². The maximum Gasteiger partial charge on any atom is 0.338 e. The monoisotopic (exact) mass is 449 g/mol. The molecule has 1 saturated heterocycles. The van der Waals surface area contributed by atoms with E-state index in [-0.39, 0.29) is 29.2 Å². The molecule has 0 radical (unpaired) electrons. The molecule has 2 aromatic rings. The molecule has 0 unspecified atom stereocenters. The number of anilines is 1. The Morgan fingerprint density at radius 1 is 0.848 bits per heavy atom. The van der Waals surface area contributed by atoms with Crippen LogP contribution in [0.4, 0.5) is 5.69 Å². The van der Waals surface area contributed by atoms with Gasteiger partial charge in [-0.25, -0.2) is 4.79 Å². The van der Waals surface area contributed by atoms with Gasteiger partial charge in [0.05, 0.1) is 23.1 Å². The Balaban J connectivity index is 1.33. The van der Waals surface area contributed by atoms with Crippen LogP contribution in [0.3, 0.4) is 0 Å². The number of amides is 4. The summed E-state index contributed by atoms with van der Waals surface area (Å²) in [6, 6.07) is 14.3. The van der Waals surface area contributed by atoms with Gasteiger partial charge in [-0.2, -0.15) is 0 Å². The first-order chi connectivity index (χ1) is 16.0. The van der Waals surface area contributed by atoms with E-state index in [9.17, 15) is 24.0 Å². The Morgan fingerprint density at radius 3 is 2.15 bits per heavy atom. The Morgan fingerprint density at radius 2 is 1.48 bits per heavy atom. The van der Waals surface area contributed by atoms with Crippen LogP contribution >= 0.6 is 0 Å². The number of carbonyl (C=O) groups is 5. The summed E-state index contributed by atoms with van der Waals surface area (Å²) in [5.41, 5.74) is 5.17. The summed E-state index contributed by atoms with van der Waals surface area (Å²) in [5.74, 6) is -3.08. The first-order valence-corrected chi connectivity index (χ1v) is 10.7. The van der Waals surface area contributed by atoms with Crippen LogP contribution in [-0.4, -0.2) is 36.2 Å². The van der Waals surface area contributed by atoms with Gasteiger partial charge >= 0.3 is 5.97 Å². The summed E-state index contributed by atoms with van der Waals surface area (Å²) in [6.07, 6.45) is 3.25. The normalized spacial score (nSPS) is 19.6. The SMILES string of the molecule is O=C(COC(=O)c1cccc(N2C(=O)[C@@H]3CCCC[C@H]3C2=O)c1)NNC(=O)c1ccccc1. The average Bonchev–Trinajstić information content (AvgIpc) is 3.11. The fourth-order valence-electron chi connectivity index (χ4n) is 4.23. The predicted molar refractivity (Wildman–Crippen MR) is 117 cm³/mol. The van der Waals surface area contributed by atoms with E-state index in [2.05, 4.69) is 10.9 Å². The smallest absolute Gasteiger partial charge is 0.338 e. The Kier molecular flexibility index (Phi) is 6.48. The van der Waals surface area contributed by atoms with Crippen molar-refractivity contribution in [3.8, 4) is 0 Å². The number of fused-ring (bicyclic) bond motifs is 1. The molecular weight excluding hydrogens is 426 g/mol. The van der Waals surface area contributed by atoms with Gasteiger partial charge in [0, 0.05) is 5.56 Å². The quantitative estimate of drug-likeness (QED) is 0.409. The van der Waals surface area contributed by atoms with Crippen LogP contribution < -0.4 is 15.8 Å². The lowest BCUT2D eigenvalue weighted by Crippen LogP contribution is -2.43. The molecule has 170 valence electrons. The van der Waals surface area contributed by atoms with Crippen molar-refractivity contribution in [3.63, 3.8) is 0 Å². The van der Waals surface area contributed by atoms with Gasteiger partial charge < -0.3 is 4.74 Å². The van der Waals surface area contributed by atoms with Gasteiger partial charge in [-0.05, 0) is 43.2 Å². The standard InChI is InChI=1S/C24H23N3O6/c28-20(25-26-21(29)15-7-2-1-3-8-15)14-33-24(32)16-9-6-10-17(13-16)27-22(30)18-11-4-5-12-19(18)23(27)31/h1-3,6-10,13,18-19H,4-5,11-12,14H2,(H,25,28)(H,26,29)/t18-,19-/m1/s1. The van der Waals surface area contributed by atoms with Crippen LogP contribution in [0.5, 0.6) is 0 Å². The highest BCUT2D eigenvalue weighted by Crippen LogP contribution is 2.40. The lowest BCUT2D eigenvalue weighted by Gasteiger charge is -2.19. The zero-order chi connectivity index (χ0) is 23.4. The zero-order valence-corrected chi connectivity index (χ0v) is 17.8. The summed E-state index contributed by atoms with van der Waals surface area (Å²) in [7, 11) is 0. The number of hydrazine groups is 1. The third-order valence-electron chi connectivity index (χ3n) is 5.87.